The van der Waals surface area contributed by atoms with Gasteiger partial charge in [0.1, 0.15) is 0 Å². The molecule has 0 bridgehead atoms. The lowest BCUT2D eigenvalue weighted by Gasteiger charge is -2.08. The first-order valence-electron chi connectivity index (χ1n) is 7.80. The largest absolute Gasteiger partial charge is 0.386 e. The van der Waals surface area contributed by atoms with E-state index in [1.165, 1.54) is 16.7 Å². The Morgan fingerprint density at radius 3 is 2.22 bits per heavy atom. The van der Waals surface area contributed by atoms with Gasteiger partial charge in [-0.3, -0.25) is 4.99 Å². The molecule has 0 amide bonds. The van der Waals surface area contributed by atoms with Gasteiger partial charge in [0, 0.05) is 19.7 Å². The summed E-state index contributed by atoms with van der Waals surface area (Å²) in [7, 11) is 1.92. The molecular formula is C21H20N2. The lowest BCUT2D eigenvalue weighted by atomic mass is 10.0. The van der Waals surface area contributed by atoms with E-state index in [1.54, 1.807) is 0 Å². The summed E-state index contributed by atoms with van der Waals surface area (Å²) in [5.41, 5.74) is 5.64. The SMILES string of the molecule is CNc1ccc(-c2ccccc2)cc1N=CCc1ccccc1. The van der Waals surface area contributed by atoms with Crippen LogP contribution in [0.1, 0.15) is 5.56 Å². The number of benzene rings is 3. The molecule has 0 saturated carbocycles. The molecule has 0 fully saturated rings. The van der Waals surface area contributed by atoms with Crippen LogP contribution in [0.15, 0.2) is 83.9 Å². The minimum Gasteiger partial charge on any atom is -0.386 e. The summed E-state index contributed by atoms with van der Waals surface area (Å²) in [4.78, 5) is 4.67. The lowest BCUT2D eigenvalue weighted by molar-refractivity contribution is 1.34. The number of aliphatic imine (C=N–C) groups is 1. The van der Waals surface area contributed by atoms with Gasteiger partial charge in [-0.2, -0.15) is 0 Å². The molecule has 2 heteroatoms. The van der Waals surface area contributed by atoms with Gasteiger partial charge in [0.2, 0.25) is 0 Å². The van der Waals surface area contributed by atoms with E-state index in [-0.39, 0.29) is 0 Å². The van der Waals surface area contributed by atoms with Crippen LogP contribution in [0.3, 0.4) is 0 Å². The fourth-order valence-electron chi connectivity index (χ4n) is 2.52. The fourth-order valence-corrected chi connectivity index (χ4v) is 2.52. The van der Waals surface area contributed by atoms with Crippen LogP contribution in [0.25, 0.3) is 11.1 Å². The monoisotopic (exact) mass is 300 g/mol. The Balaban J connectivity index is 1.85. The van der Waals surface area contributed by atoms with E-state index >= 15 is 0 Å². The highest BCUT2D eigenvalue weighted by atomic mass is 14.9. The third-order valence-electron chi connectivity index (χ3n) is 3.77. The summed E-state index contributed by atoms with van der Waals surface area (Å²) >= 11 is 0. The zero-order valence-electron chi connectivity index (χ0n) is 13.2. The first-order chi connectivity index (χ1) is 11.4. The maximum atomic E-state index is 4.67. The van der Waals surface area contributed by atoms with Gasteiger partial charge >= 0.3 is 0 Å². The third-order valence-corrected chi connectivity index (χ3v) is 3.77. The van der Waals surface area contributed by atoms with Crippen molar-refractivity contribution in [2.45, 2.75) is 6.42 Å². The van der Waals surface area contributed by atoms with Crippen LogP contribution in [0.2, 0.25) is 0 Å². The first kappa shape index (κ1) is 15.0. The Kier molecular flexibility index (Phi) is 4.85. The number of hydrogen-bond donors (Lipinski definition) is 1. The quantitative estimate of drug-likeness (QED) is 0.632. The van der Waals surface area contributed by atoms with Crippen molar-refractivity contribution < 1.29 is 0 Å². The number of nitrogens with one attached hydrogen (secondary N) is 1. The molecule has 0 spiro atoms. The topological polar surface area (TPSA) is 24.4 Å². The highest BCUT2D eigenvalue weighted by molar-refractivity contribution is 5.79. The van der Waals surface area contributed by atoms with E-state index < -0.39 is 0 Å². The molecule has 0 radical (unpaired) electrons. The molecule has 0 aliphatic rings. The normalized spacial score (nSPS) is 10.8. The minimum atomic E-state index is 0.833. The van der Waals surface area contributed by atoms with Crippen molar-refractivity contribution in [3.63, 3.8) is 0 Å². The maximum absolute atomic E-state index is 4.67. The molecule has 23 heavy (non-hydrogen) atoms. The summed E-state index contributed by atoms with van der Waals surface area (Å²) in [6.45, 7) is 0. The minimum absolute atomic E-state index is 0.833. The van der Waals surface area contributed by atoms with E-state index in [0.717, 1.165) is 17.8 Å². The van der Waals surface area contributed by atoms with Crippen molar-refractivity contribution in [3.8, 4) is 11.1 Å². The number of nitrogens with zero attached hydrogens (tertiary/aromatic N) is 1. The zero-order chi connectivity index (χ0) is 15.9. The highest BCUT2D eigenvalue weighted by Crippen LogP contribution is 2.30. The van der Waals surface area contributed by atoms with Gasteiger partial charge in [-0.1, -0.05) is 66.7 Å². The second-order valence-electron chi connectivity index (χ2n) is 5.35. The smallest absolute Gasteiger partial charge is 0.0863 e. The Bertz CT molecular complexity index is 777. The molecule has 0 aliphatic carbocycles. The van der Waals surface area contributed by atoms with E-state index in [0.29, 0.717) is 0 Å². The van der Waals surface area contributed by atoms with Gasteiger partial charge in [-0.15, -0.1) is 0 Å². The molecule has 0 aliphatic heterocycles. The van der Waals surface area contributed by atoms with Gasteiger partial charge in [0.05, 0.1) is 11.4 Å². The molecule has 0 atom stereocenters. The van der Waals surface area contributed by atoms with Crippen LogP contribution in [0, 0.1) is 0 Å². The van der Waals surface area contributed by atoms with E-state index in [9.17, 15) is 0 Å². The zero-order valence-corrected chi connectivity index (χ0v) is 13.2. The molecule has 3 rings (SSSR count). The van der Waals surface area contributed by atoms with E-state index in [4.69, 9.17) is 0 Å². The number of rotatable bonds is 5. The van der Waals surface area contributed by atoms with Gasteiger partial charge in [-0.05, 0) is 28.8 Å². The van der Waals surface area contributed by atoms with Crippen LogP contribution in [0.5, 0.6) is 0 Å². The van der Waals surface area contributed by atoms with Crippen molar-refractivity contribution in [3.05, 3.63) is 84.4 Å². The standard InChI is InChI=1S/C21H20N2/c1-22-20-13-12-19(18-10-6-3-7-11-18)16-21(20)23-15-14-17-8-4-2-5-9-17/h2-13,15-16,22H,14H2,1H3. The molecule has 114 valence electrons. The highest BCUT2D eigenvalue weighted by Gasteiger charge is 2.03. The molecule has 2 nitrogen and oxygen atoms in total. The average Bonchev–Trinajstić information content (AvgIpc) is 2.63. The van der Waals surface area contributed by atoms with Crippen molar-refractivity contribution in [2.24, 2.45) is 4.99 Å². The average molecular weight is 300 g/mol. The van der Waals surface area contributed by atoms with Crippen LogP contribution >= 0.6 is 0 Å². The molecular weight excluding hydrogens is 280 g/mol. The number of hydrogen-bond acceptors (Lipinski definition) is 2. The predicted molar refractivity (Wildman–Crippen MR) is 99.7 cm³/mol. The maximum Gasteiger partial charge on any atom is 0.0863 e. The molecule has 3 aromatic rings. The molecule has 0 aromatic heterocycles. The predicted octanol–water partition coefficient (Wildman–Crippen LogP) is 5.34. The van der Waals surface area contributed by atoms with E-state index in [1.807, 2.05) is 25.4 Å². The fraction of sp³-hybridized carbons (Fsp3) is 0.0952. The van der Waals surface area contributed by atoms with Crippen molar-refractivity contribution >= 4 is 17.6 Å². The van der Waals surface area contributed by atoms with Crippen LogP contribution in [-0.2, 0) is 6.42 Å². The van der Waals surface area contributed by atoms with Crippen molar-refractivity contribution in [2.75, 3.05) is 12.4 Å². The van der Waals surface area contributed by atoms with Gasteiger partial charge in [0.15, 0.2) is 0 Å². The van der Waals surface area contributed by atoms with Crippen LogP contribution in [-0.4, -0.2) is 13.3 Å². The summed E-state index contributed by atoms with van der Waals surface area (Å²) in [5, 5.41) is 3.21. The molecule has 0 unspecified atom stereocenters. The van der Waals surface area contributed by atoms with Gasteiger partial charge in [0.25, 0.3) is 0 Å². The Hall–Kier alpha value is -2.87. The summed E-state index contributed by atoms with van der Waals surface area (Å²) < 4.78 is 0. The molecule has 0 heterocycles. The first-order valence-corrected chi connectivity index (χ1v) is 7.80. The van der Waals surface area contributed by atoms with Crippen molar-refractivity contribution in [1.29, 1.82) is 0 Å². The lowest BCUT2D eigenvalue weighted by Crippen LogP contribution is -1.90. The Morgan fingerprint density at radius 1 is 0.826 bits per heavy atom. The Morgan fingerprint density at radius 2 is 1.52 bits per heavy atom. The van der Waals surface area contributed by atoms with Crippen LogP contribution in [0.4, 0.5) is 11.4 Å². The molecule has 3 aromatic carbocycles. The number of anilines is 1. The second kappa shape index (κ2) is 7.41. The summed E-state index contributed by atoms with van der Waals surface area (Å²) in [6, 6.07) is 27.1. The summed E-state index contributed by atoms with van der Waals surface area (Å²) in [5.74, 6) is 0. The van der Waals surface area contributed by atoms with Gasteiger partial charge < -0.3 is 5.32 Å². The third kappa shape index (κ3) is 3.86. The van der Waals surface area contributed by atoms with E-state index in [2.05, 4.69) is 77.0 Å². The molecule has 0 saturated heterocycles. The Labute approximate surface area is 137 Å². The van der Waals surface area contributed by atoms with Crippen LogP contribution < -0.4 is 5.32 Å². The van der Waals surface area contributed by atoms with Crippen molar-refractivity contribution in [1.82, 2.24) is 0 Å². The molecule has 1 N–H and O–H groups in total. The van der Waals surface area contributed by atoms with Gasteiger partial charge in [-0.25, -0.2) is 0 Å². The second-order valence-corrected chi connectivity index (χ2v) is 5.35. The summed E-state index contributed by atoms with van der Waals surface area (Å²) in [6.07, 6.45) is 2.81.